The van der Waals surface area contributed by atoms with Crippen LogP contribution in [0, 0.1) is 5.92 Å². The largest absolute Gasteiger partial charge is 0.394 e. The van der Waals surface area contributed by atoms with E-state index in [-0.39, 0.29) is 24.5 Å². The Morgan fingerprint density at radius 1 is 1.89 bits per heavy atom. The lowest BCUT2D eigenvalue weighted by Gasteiger charge is -2.01. The maximum atomic E-state index is 10.7. The fourth-order valence-corrected chi connectivity index (χ4v) is 1.06. The van der Waals surface area contributed by atoms with Crippen LogP contribution in [-0.2, 0) is 4.79 Å². The molecule has 3 nitrogen and oxygen atoms in total. The minimum absolute atomic E-state index is 0.00694. The number of aliphatic hydroxyl groups excluding tert-OH is 1. The minimum atomic E-state index is 0.00694. The first kappa shape index (κ1) is 6.55. The summed E-state index contributed by atoms with van der Waals surface area (Å²) in [5.74, 6) is 0.149. The van der Waals surface area contributed by atoms with Crippen molar-refractivity contribution in [3.8, 4) is 0 Å². The molecule has 0 radical (unpaired) electrons. The van der Waals surface area contributed by atoms with Gasteiger partial charge in [0.15, 0.2) is 0 Å². The van der Waals surface area contributed by atoms with Crippen LogP contribution in [0.3, 0.4) is 0 Å². The van der Waals surface area contributed by atoms with E-state index in [1.165, 1.54) is 0 Å². The van der Waals surface area contributed by atoms with Gasteiger partial charge in [-0.05, 0) is 6.42 Å². The standard InChI is InChI=1S/C6H11NO2/c1-4-2-5(3-8)7-6(4)9/h4-5,8H,2-3H2,1H3,(H,7,9)/t4?,5-/m0/s1. The third-order valence-electron chi connectivity index (χ3n) is 1.65. The van der Waals surface area contributed by atoms with Gasteiger partial charge in [-0.25, -0.2) is 0 Å². The summed E-state index contributed by atoms with van der Waals surface area (Å²) in [5, 5.41) is 11.3. The molecule has 1 fully saturated rings. The van der Waals surface area contributed by atoms with Gasteiger partial charge in [-0.3, -0.25) is 4.79 Å². The molecule has 2 atom stereocenters. The first-order chi connectivity index (χ1) is 4.24. The van der Waals surface area contributed by atoms with E-state index in [0.29, 0.717) is 0 Å². The van der Waals surface area contributed by atoms with E-state index in [0.717, 1.165) is 6.42 Å². The Kier molecular flexibility index (Phi) is 1.71. The van der Waals surface area contributed by atoms with E-state index in [2.05, 4.69) is 5.32 Å². The minimum Gasteiger partial charge on any atom is -0.394 e. The van der Waals surface area contributed by atoms with Crippen LogP contribution in [-0.4, -0.2) is 23.7 Å². The molecule has 1 heterocycles. The summed E-state index contributed by atoms with van der Waals surface area (Å²) in [6, 6.07) is 0.00694. The number of amides is 1. The van der Waals surface area contributed by atoms with Crippen molar-refractivity contribution in [2.75, 3.05) is 6.61 Å². The number of hydrogen-bond donors (Lipinski definition) is 2. The number of rotatable bonds is 1. The van der Waals surface area contributed by atoms with Crippen molar-refractivity contribution < 1.29 is 9.90 Å². The monoisotopic (exact) mass is 129 g/mol. The second-order valence-corrected chi connectivity index (χ2v) is 2.52. The zero-order chi connectivity index (χ0) is 6.85. The predicted octanol–water partition coefficient (Wildman–Crippen LogP) is -0.497. The number of carbonyl (C=O) groups excluding carboxylic acids is 1. The number of hydrogen-bond acceptors (Lipinski definition) is 2. The van der Waals surface area contributed by atoms with Gasteiger partial charge in [-0.1, -0.05) is 6.92 Å². The van der Waals surface area contributed by atoms with E-state index in [1.807, 2.05) is 6.92 Å². The summed E-state index contributed by atoms with van der Waals surface area (Å²) in [6.07, 6.45) is 0.773. The lowest BCUT2D eigenvalue weighted by Crippen LogP contribution is -2.28. The molecule has 0 saturated carbocycles. The van der Waals surface area contributed by atoms with Crippen LogP contribution in [0.2, 0.25) is 0 Å². The summed E-state index contributed by atoms with van der Waals surface area (Å²) in [7, 11) is 0. The average molecular weight is 129 g/mol. The van der Waals surface area contributed by atoms with Gasteiger partial charge in [-0.2, -0.15) is 0 Å². The molecule has 0 bridgehead atoms. The second kappa shape index (κ2) is 2.35. The molecule has 1 saturated heterocycles. The van der Waals surface area contributed by atoms with Crippen molar-refractivity contribution in [2.24, 2.45) is 5.92 Å². The third-order valence-corrected chi connectivity index (χ3v) is 1.65. The Balaban J connectivity index is 2.44. The molecule has 0 aliphatic carbocycles. The first-order valence-electron chi connectivity index (χ1n) is 3.15. The van der Waals surface area contributed by atoms with E-state index >= 15 is 0 Å². The molecule has 0 aromatic heterocycles. The van der Waals surface area contributed by atoms with Crippen LogP contribution in [0.25, 0.3) is 0 Å². The summed E-state index contributed by atoms with van der Waals surface area (Å²) >= 11 is 0. The molecule has 1 aliphatic heterocycles. The molecule has 1 rings (SSSR count). The molecule has 1 unspecified atom stereocenters. The Labute approximate surface area is 54.1 Å². The normalized spacial score (nSPS) is 34.7. The maximum Gasteiger partial charge on any atom is 0.223 e. The van der Waals surface area contributed by atoms with E-state index in [1.54, 1.807) is 0 Å². The first-order valence-corrected chi connectivity index (χ1v) is 3.15. The van der Waals surface area contributed by atoms with Crippen molar-refractivity contribution in [1.82, 2.24) is 5.32 Å². The van der Waals surface area contributed by atoms with E-state index in [4.69, 9.17) is 5.11 Å². The molecule has 1 amide bonds. The quantitative estimate of drug-likeness (QED) is 0.501. The molecule has 0 aromatic rings. The van der Waals surface area contributed by atoms with Crippen LogP contribution in [0.15, 0.2) is 0 Å². The smallest absolute Gasteiger partial charge is 0.223 e. The highest BCUT2D eigenvalue weighted by atomic mass is 16.3. The average Bonchev–Trinajstić information content (AvgIpc) is 2.13. The molecule has 1 aliphatic rings. The van der Waals surface area contributed by atoms with Gasteiger partial charge >= 0.3 is 0 Å². The van der Waals surface area contributed by atoms with Gasteiger partial charge in [0, 0.05) is 5.92 Å². The summed E-state index contributed by atoms with van der Waals surface area (Å²) in [6.45, 7) is 1.93. The highest BCUT2D eigenvalue weighted by Gasteiger charge is 2.27. The van der Waals surface area contributed by atoms with Gasteiger partial charge < -0.3 is 10.4 Å². The fourth-order valence-electron chi connectivity index (χ4n) is 1.06. The highest BCUT2D eigenvalue weighted by molar-refractivity contribution is 5.80. The van der Waals surface area contributed by atoms with Crippen LogP contribution < -0.4 is 5.32 Å². The molecule has 0 aromatic carbocycles. The zero-order valence-electron chi connectivity index (χ0n) is 5.42. The number of carbonyl (C=O) groups is 1. The predicted molar refractivity (Wildman–Crippen MR) is 32.8 cm³/mol. The van der Waals surface area contributed by atoms with Crippen LogP contribution >= 0.6 is 0 Å². The van der Waals surface area contributed by atoms with Crippen molar-refractivity contribution in [2.45, 2.75) is 19.4 Å². The van der Waals surface area contributed by atoms with Gasteiger partial charge in [-0.15, -0.1) is 0 Å². The van der Waals surface area contributed by atoms with Gasteiger partial charge in [0.1, 0.15) is 0 Å². The van der Waals surface area contributed by atoms with Crippen molar-refractivity contribution in [3.05, 3.63) is 0 Å². The molecule has 2 N–H and O–H groups in total. The molecular formula is C6H11NO2. The van der Waals surface area contributed by atoms with Crippen LogP contribution in [0.5, 0.6) is 0 Å². The molecule has 0 spiro atoms. The number of aliphatic hydroxyl groups is 1. The molecule has 3 heteroatoms. The van der Waals surface area contributed by atoms with Crippen molar-refractivity contribution in [3.63, 3.8) is 0 Å². The van der Waals surface area contributed by atoms with E-state index in [9.17, 15) is 4.79 Å². The van der Waals surface area contributed by atoms with Crippen LogP contribution in [0.4, 0.5) is 0 Å². The highest BCUT2D eigenvalue weighted by Crippen LogP contribution is 2.12. The number of nitrogens with one attached hydrogen (secondary N) is 1. The lowest BCUT2D eigenvalue weighted by molar-refractivity contribution is -0.122. The molecule has 52 valence electrons. The zero-order valence-corrected chi connectivity index (χ0v) is 5.42. The topological polar surface area (TPSA) is 49.3 Å². The van der Waals surface area contributed by atoms with Gasteiger partial charge in [0.2, 0.25) is 5.91 Å². The summed E-state index contributed by atoms with van der Waals surface area (Å²) in [5.41, 5.74) is 0. The Morgan fingerprint density at radius 2 is 2.56 bits per heavy atom. The summed E-state index contributed by atoms with van der Waals surface area (Å²) in [4.78, 5) is 10.7. The fraction of sp³-hybridized carbons (Fsp3) is 0.833. The maximum absolute atomic E-state index is 10.7. The summed E-state index contributed by atoms with van der Waals surface area (Å²) < 4.78 is 0. The Bertz CT molecular complexity index is 124. The Hall–Kier alpha value is -0.570. The SMILES string of the molecule is CC1C[C@@H](CO)NC1=O. The van der Waals surface area contributed by atoms with E-state index < -0.39 is 0 Å². The van der Waals surface area contributed by atoms with Crippen molar-refractivity contribution >= 4 is 5.91 Å². The lowest BCUT2D eigenvalue weighted by atomic mass is 10.1. The van der Waals surface area contributed by atoms with Crippen LogP contribution in [0.1, 0.15) is 13.3 Å². The molecular weight excluding hydrogens is 118 g/mol. The van der Waals surface area contributed by atoms with Crippen molar-refractivity contribution in [1.29, 1.82) is 0 Å². The molecule has 9 heavy (non-hydrogen) atoms. The Morgan fingerprint density at radius 3 is 2.78 bits per heavy atom. The van der Waals surface area contributed by atoms with Gasteiger partial charge in [0.05, 0.1) is 12.6 Å². The van der Waals surface area contributed by atoms with Gasteiger partial charge in [0.25, 0.3) is 0 Å². The second-order valence-electron chi connectivity index (χ2n) is 2.52. The third kappa shape index (κ3) is 1.21.